The van der Waals surface area contributed by atoms with Crippen LogP contribution in [-0.2, 0) is 26.6 Å². The molecule has 1 heterocycles. The minimum absolute atomic E-state index is 0.0739. The van der Waals surface area contributed by atoms with E-state index in [4.69, 9.17) is 4.74 Å². The Kier molecular flexibility index (Phi) is 6.22. The number of rotatable bonds is 7. The molecule has 0 fully saturated rings. The first-order valence-electron chi connectivity index (χ1n) is 8.41. The molecule has 0 amide bonds. The molecule has 0 aliphatic heterocycles. The number of ketones is 1. The van der Waals surface area contributed by atoms with Gasteiger partial charge in [0.15, 0.2) is 6.61 Å². The van der Waals surface area contributed by atoms with Gasteiger partial charge in [-0.1, -0.05) is 6.07 Å². The monoisotopic (exact) mass is 392 g/mol. The van der Waals surface area contributed by atoms with Crippen LogP contribution in [0.5, 0.6) is 0 Å². The lowest BCUT2D eigenvalue weighted by molar-refractivity contribution is -0.141. The van der Waals surface area contributed by atoms with E-state index in [1.807, 2.05) is 32.4 Å². The molecule has 0 bridgehead atoms. The van der Waals surface area contributed by atoms with Crippen molar-refractivity contribution in [2.75, 3.05) is 13.2 Å². The summed E-state index contributed by atoms with van der Waals surface area (Å²) >= 11 is 0. The van der Waals surface area contributed by atoms with Gasteiger partial charge >= 0.3 is 5.97 Å². The van der Waals surface area contributed by atoms with Gasteiger partial charge in [-0.2, -0.15) is 4.72 Å². The molecule has 0 aliphatic carbocycles. The summed E-state index contributed by atoms with van der Waals surface area (Å²) in [5.74, 6) is -1.15. The molecule has 0 saturated carbocycles. The lowest BCUT2D eigenvalue weighted by atomic mass is 10.1. The number of benzene rings is 1. The molecule has 1 aromatic carbocycles. The van der Waals surface area contributed by atoms with Crippen molar-refractivity contribution >= 4 is 21.8 Å². The summed E-state index contributed by atoms with van der Waals surface area (Å²) < 4.78 is 33.5. The fourth-order valence-electron chi connectivity index (χ4n) is 2.53. The predicted octanol–water partition coefficient (Wildman–Crippen LogP) is 1.96. The van der Waals surface area contributed by atoms with Crippen LogP contribution in [0.4, 0.5) is 0 Å². The van der Waals surface area contributed by atoms with Crippen molar-refractivity contribution in [2.24, 2.45) is 7.05 Å². The number of aromatic nitrogens is 1. The van der Waals surface area contributed by atoms with Crippen molar-refractivity contribution in [1.82, 2.24) is 9.29 Å². The van der Waals surface area contributed by atoms with Crippen LogP contribution in [0, 0.1) is 27.7 Å². The first kappa shape index (κ1) is 20.9. The number of nitrogens with zero attached hydrogens (tertiary/aromatic N) is 1. The zero-order valence-electron chi connectivity index (χ0n) is 16.1. The molecule has 0 aliphatic rings. The van der Waals surface area contributed by atoms with Gasteiger partial charge in [-0.3, -0.25) is 9.59 Å². The number of esters is 1. The number of aryl methyl sites for hydroxylation is 3. The van der Waals surface area contributed by atoms with E-state index in [1.54, 1.807) is 19.1 Å². The third-order valence-electron chi connectivity index (χ3n) is 4.64. The van der Waals surface area contributed by atoms with Crippen LogP contribution in [0.1, 0.15) is 32.9 Å². The quantitative estimate of drug-likeness (QED) is 0.574. The van der Waals surface area contributed by atoms with Gasteiger partial charge in [-0.25, -0.2) is 8.42 Å². The van der Waals surface area contributed by atoms with E-state index >= 15 is 0 Å². The summed E-state index contributed by atoms with van der Waals surface area (Å²) in [6.07, 6.45) is 0. The van der Waals surface area contributed by atoms with Gasteiger partial charge in [0, 0.05) is 24.0 Å². The van der Waals surface area contributed by atoms with Crippen molar-refractivity contribution in [3.63, 3.8) is 0 Å². The van der Waals surface area contributed by atoms with E-state index in [1.165, 1.54) is 12.1 Å². The Labute approximate surface area is 159 Å². The van der Waals surface area contributed by atoms with Gasteiger partial charge in [-0.05, 0) is 57.0 Å². The van der Waals surface area contributed by atoms with Crippen molar-refractivity contribution < 1.29 is 22.7 Å². The van der Waals surface area contributed by atoms with E-state index in [0.717, 1.165) is 22.5 Å². The Morgan fingerprint density at radius 1 is 1.07 bits per heavy atom. The molecule has 1 aromatic heterocycles. The molecule has 1 N–H and O–H groups in total. The Morgan fingerprint density at radius 3 is 2.30 bits per heavy atom. The van der Waals surface area contributed by atoms with Crippen LogP contribution in [0.15, 0.2) is 29.2 Å². The number of carbonyl (C=O) groups is 2. The standard InChI is InChI=1S/C19H24N2O5S/c1-12-6-7-16(8-13(12)2)27(24,25)20-10-19(23)26-11-18(22)17-9-14(3)21(5)15(17)4/h6-9,20H,10-11H2,1-5H3. The maximum Gasteiger partial charge on any atom is 0.321 e. The zero-order valence-corrected chi connectivity index (χ0v) is 16.9. The van der Waals surface area contributed by atoms with Crippen LogP contribution in [0.2, 0.25) is 0 Å². The predicted molar refractivity (Wildman–Crippen MR) is 101 cm³/mol. The second-order valence-corrected chi connectivity index (χ2v) is 8.27. The van der Waals surface area contributed by atoms with Gasteiger partial charge in [-0.15, -0.1) is 0 Å². The van der Waals surface area contributed by atoms with Crippen molar-refractivity contribution in [2.45, 2.75) is 32.6 Å². The first-order valence-corrected chi connectivity index (χ1v) is 9.90. The molecule has 0 atom stereocenters. The third-order valence-corrected chi connectivity index (χ3v) is 6.03. The van der Waals surface area contributed by atoms with E-state index < -0.39 is 29.1 Å². The van der Waals surface area contributed by atoms with Gasteiger partial charge in [0.25, 0.3) is 0 Å². The molecule has 0 saturated heterocycles. The summed E-state index contributed by atoms with van der Waals surface area (Å²) in [4.78, 5) is 24.1. The van der Waals surface area contributed by atoms with Gasteiger partial charge in [0.05, 0.1) is 4.90 Å². The summed E-state index contributed by atoms with van der Waals surface area (Å²) in [6, 6.07) is 6.44. The largest absolute Gasteiger partial charge is 0.456 e. The van der Waals surface area contributed by atoms with E-state index in [9.17, 15) is 18.0 Å². The number of hydrogen-bond donors (Lipinski definition) is 1. The summed E-state index contributed by atoms with van der Waals surface area (Å²) in [6.45, 7) is 6.38. The Morgan fingerprint density at radius 2 is 1.74 bits per heavy atom. The molecule has 8 heteroatoms. The lowest BCUT2D eigenvalue weighted by Gasteiger charge is -2.09. The average Bonchev–Trinajstić information content (AvgIpc) is 2.87. The molecular weight excluding hydrogens is 368 g/mol. The van der Waals surface area contributed by atoms with Crippen LogP contribution in [-0.4, -0.2) is 37.9 Å². The molecule has 146 valence electrons. The minimum Gasteiger partial charge on any atom is -0.456 e. The van der Waals surface area contributed by atoms with Gasteiger partial charge < -0.3 is 9.30 Å². The molecule has 0 radical (unpaired) electrons. The highest BCUT2D eigenvalue weighted by molar-refractivity contribution is 7.89. The number of sulfonamides is 1. The highest BCUT2D eigenvalue weighted by Gasteiger charge is 2.19. The molecule has 0 spiro atoms. The maximum atomic E-state index is 12.3. The fourth-order valence-corrected chi connectivity index (χ4v) is 3.58. The molecular formula is C19H24N2O5S. The Bertz CT molecular complexity index is 990. The van der Waals surface area contributed by atoms with E-state index in [-0.39, 0.29) is 10.7 Å². The third kappa shape index (κ3) is 4.84. The molecule has 2 aromatic rings. The summed E-state index contributed by atoms with van der Waals surface area (Å²) in [5, 5.41) is 0. The van der Waals surface area contributed by atoms with Gasteiger partial charge in [0.2, 0.25) is 15.8 Å². The topological polar surface area (TPSA) is 94.5 Å². The maximum absolute atomic E-state index is 12.3. The number of hydrogen-bond acceptors (Lipinski definition) is 5. The van der Waals surface area contributed by atoms with Crippen molar-refractivity contribution in [3.8, 4) is 0 Å². The zero-order chi connectivity index (χ0) is 20.4. The molecule has 0 unspecified atom stereocenters. The molecule has 2 rings (SSSR count). The normalized spacial score (nSPS) is 11.4. The molecule has 27 heavy (non-hydrogen) atoms. The summed E-state index contributed by atoms with van der Waals surface area (Å²) in [5.41, 5.74) is 3.99. The van der Waals surface area contributed by atoms with Gasteiger partial charge in [0.1, 0.15) is 6.54 Å². The minimum atomic E-state index is -3.83. The highest BCUT2D eigenvalue weighted by Crippen LogP contribution is 2.15. The van der Waals surface area contributed by atoms with Crippen LogP contribution in [0.25, 0.3) is 0 Å². The van der Waals surface area contributed by atoms with E-state index in [2.05, 4.69) is 4.72 Å². The Balaban J connectivity index is 1.92. The Hall–Kier alpha value is -2.45. The number of nitrogens with one attached hydrogen (secondary N) is 1. The SMILES string of the molecule is Cc1ccc(S(=O)(=O)NCC(=O)OCC(=O)c2cc(C)n(C)c2C)cc1C. The van der Waals surface area contributed by atoms with Crippen molar-refractivity contribution in [1.29, 1.82) is 0 Å². The van der Waals surface area contributed by atoms with Crippen molar-refractivity contribution in [3.05, 3.63) is 52.3 Å². The van der Waals surface area contributed by atoms with Crippen LogP contribution in [0.3, 0.4) is 0 Å². The van der Waals surface area contributed by atoms with Crippen LogP contribution >= 0.6 is 0 Å². The second-order valence-electron chi connectivity index (χ2n) is 6.50. The number of Topliss-reactive ketones (excluding diaryl/α,β-unsaturated/α-hetero) is 1. The molecule has 7 nitrogen and oxygen atoms in total. The number of carbonyl (C=O) groups excluding carboxylic acids is 2. The first-order chi connectivity index (χ1) is 12.5. The smallest absolute Gasteiger partial charge is 0.321 e. The van der Waals surface area contributed by atoms with E-state index in [0.29, 0.717) is 5.56 Å². The van der Waals surface area contributed by atoms with Crippen LogP contribution < -0.4 is 4.72 Å². The fraction of sp³-hybridized carbons (Fsp3) is 0.368. The lowest BCUT2D eigenvalue weighted by Crippen LogP contribution is -2.31. The second kappa shape index (κ2) is 8.06. The number of ether oxygens (including phenoxy) is 1. The average molecular weight is 392 g/mol. The highest BCUT2D eigenvalue weighted by atomic mass is 32.2. The summed E-state index contributed by atoms with van der Waals surface area (Å²) in [7, 11) is -1.99.